The van der Waals surface area contributed by atoms with Gasteiger partial charge in [0.1, 0.15) is 17.2 Å². The van der Waals surface area contributed by atoms with E-state index in [0.717, 1.165) is 69.8 Å². The predicted molar refractivity (Wildman–Crippen MR) is 138 cm³/mol. The quantitative estimate of drug-likeness (QED) is 0.318. The molecular weight excluding hydrogens is 497 g/mol. The third kappa shape index (κ3) is 8.22. The van der Waals surface area contributed by atoms with Crippen molar-refractivity contribution in [2.45, 2.75) is 25.6 Å². The van der Waals surface area contributed by atoms with E-state index in [1.54, 1.807) is 36.4 Å². The number of ether oxygens (including phenoxy) is 2. The molecule has 202 valence electrons. The number of carboxylic acids is 1. The Kier molecular flexibility index (Phi) is 9.25. The Morgan fingerprint density at radius 1 is 0.789 bits per heavy atom. The van der Waals surface area contributed by atoms with Crippen molar-refractivity contribution in [1.29, 1.82) is 0 Å². The lowest BCUT2D eigenvalue weighted by Crippen LogP contribution is -2.31. The van der Waals surface area contributed by atoms with Crippen LogP contribution in [0.4, 0.5) is 13.2 Å². The van der Waals surface area contributed by atoms with Crippen LogP contribution >= 0.6 is 0 Å². The van der Waals surface area contributed by atoms with Gasteiger partial charge >= 0.3 is 12.1 Å². The summed E-state index contributed by atoms with van der Waals surface area (Å²) in [7, 11) is 0. The SMILES string of the molecule is O=C(O)c1ccc(CN2CCCN(CCCOc3ccc(Oc4ccc(C(F)(F)F)cc4)cc3)CC2)cc1. The molecule has 0 radical (unpaired) electrons. The second-order valence-electron chi connectivity index (χ2n) is 9.27. The molecule has 3 aromatic rings. The van der Waals surface area contributed by atoms with Crippen LogP contribution in [0.3, 0.4) is 0 Å². The molecule has 9 heteroatoms. The number of hydrogen-bond donors (Lipinski definition) is 1. The van der Waals surface area contributed by atoms with E-state index in [1.807, 2.05) is 12.1 Å². The Morgan fingerprint density at radius 2 is 1.37 bits per heavy atom. The van der Waals surface area contributed by atoms with Crippen LogP contribution in [0.25, 0.3) is 0 Å². The minimum Gasteiger partial charge on any atom is -0.494 e. The van der Waals surface area contributed by atoms with Crippen LogP contribution in [0.5, 0.6) is 17.2 Å². The van der Waals surface area contributed by atoms with E-state index in [1.165, 1.54) is 12.1 Å². The maximum Gasteiger partial charge on any atom is 0.416 e. The number of alkyl halides is 3. The third-order valence-corrected chi connectivity index (χ3v) is 6.42. The highest BCUT2D eigenvalue weighted by atomic mass is 19.4. The summed E-state index contributed by atoms with van der Waals surface area (Å²) in [6.07, 6.45) is -2.40. The Labute approximate surface area is 220 Å². The fourth-order valence-electron chi connectivity index (χ4n) is 4.35. The van der Waals surface area contributed by atoms with Gasteiger partial charge in [-0.05, 0) is 92.2 Å². The van der Waals surface area contributed by atoms with Gasteiger partial charge in [-0.3, -0.25) is 4.90 Å². The average Bonchev–Trinajstić information content (AvgIpc) is 3.12. The smallest absolute Gasteiger partial charge is 0.416 e. The summed E-state index contributed by atoms with van der Waals surface area (Å²) in [5, 5.41) is 9.05. The van der Waals surface area contributed by atoms with Crippen LogP contribution in [-0.4, -0.2) is 60.2 Å². The van der Waals surface area contributed by atoms with Crippen LogP contribution in [-0.2, 0) is 12.7 Å². The van der Waals surface area contributed by atoms with Crippen molar-refractivity contribution in [3.05, 3.63) is 89.5 Å². The summed E-state index contributed by atoms with van der Waals surface area (Å²) in [5.74, 6) is 0.650. The molecule has 38 heavy (non-hydrogen) atoms. The van der Waals surface area contributed by atoms with Gasteiger partial charge in [-0.2, -0.15) is 13.2 Å². The van der Waals surface area contributed by atoms with Crippen molar-refractivity contribution < 1.29 is 32.5 Å². The van der Waals surface area contributed by atoms with Gasteiger partial charge in [-0.25, -0.2) is 4.79 Å². The first-order valence-corrected chi connectivity index (χ1v) is 12.6. The van der Waals surface area contributed by atoms with E-state index < -0.39 is 17.7 Å². The maximum atomic E-state index is 12.7. The minimum absolute atomic E-state index is 0.306. The zero-order valence-electron chi connectivity index (χ0n) is 21.0. The topological polar surface area (TPSA) is 62.2 Å². The van der Waals surface area contributed by atoms with E-state index in [4.69, 9.17) is 14.6 Å². The third-order valence-electron chi connectivity index (χ3n) is 6.42. The molecular formula is C29H31F3N2O4. The average molecular weight is 529 g/mol. The Hall–Kier alpha value is -3.56. The van der Waals surface area contributed by atoms with Gasteiger partial charge in [-0.15, -0.1) is 0 Å². The number of rotatable bonds is 10. The standard InChI is InChI=1S/C29H31F3N2O4/c30-29(31,32)24-7-9-26(10-8-24)38-27-13-11-25(12-14-27)37-20-2-17-33-15-1-16-34(19-18-33)21-22-3-5-23(6-4-22)28(35)36/h3-14H,1-2,15-21H2,(H,35,36). The lowest BCUT2D eigenvalue weighted by molar-refractivity contribution is -0.137. The molecule has 4 rings (SSSR count). The van der Waals surface area contributed by atoms with Crippen LogP contribution in [0.1, 0.15) is 34.3 Å². The Balaban J connectivity index is 1.14. The first-order valence-electron chi connectivity index (χ1n) is 12.6. The molecule has 0 spiro atoms. The fraction of sp³-hybridized carbons (Fsp3) is 0.345. The first-order chi connectivity index (χ1) is 18.3. The van der Waals surface area contributed by atoms with E-state index in [0.29, 0.717) is 29.4 Å². The fourth-order valence-corrected chi connectivity index (χ4v) is 4.35. The van der Waals surface area contributed by atoms with Gasteiger partial charge < -0.3 is 19.5 Å². The van der Waals surface area contributed by atoms with Gasteiger partial charge in [0, 0.05) is 26.2 Å². The molecule has 0 bridgehead atoms. The van der Waals surface area contributed by atoms with Crippen molar-refractivity contribution >= 4 is 5.97 Å². The van der Waals surface area contributed by atoms with Crippen molar-refractivity contribution in [1.82, 2.24) is 9.80 Å². The summed E-state index contributed by atoms with van der Waals surface area (Å²) < 4.78 is 49.5. The van der Waals surface area contributed by atoms with E-state index in [2.05, 4.69) is 9.80 Å². The monoisotopic (exact) mass is 528 g/mol. The zero-order valence-corrected chi connectivity index (χ0v) is 21.0. The number of nitrogens with zero attached hydrogens (tertiary/aromatic N) is 2. The maximum absolute atomic E-state index is 12.7. The number of hydrogen-bond acceptors (Lipinski definition) is 5. The number of benzene rings is 3. The van der Waals surface area contributed by atoms with E-state index in [-0.39, 0.29) is 0 Å². The molecule has 1 heterocycles. The molecule has 3 aromatic carbocycles. The molecule has 6 nitrogen and oxygen atoms in total. The second-order valence-corrected chi connectivity index (χ2v) is 9.27. The normalized spacial score (nSPS) is 15.1. The highest BCUT2D eigenvalue weighted by Gasteiger charge is 2.30. The molecule has 0 saturated carbocycles. The molecule has 0 atom stereocenters. The largest absolute Gasteiger partial charge is 0.494 e. The zero-order chi connectivity index (χ0) is 27.0. The Bertz CT molecular complexity index is 1170. The van der Waals surface area contributed by atoms with Gasteiger partial charge in [0.05, 0.1) is 17.7 Å². The predicted octanol–water partition coefficient (Wildman–Crippen LogP) is 6.17. The van der Waals surface area contributed by atoms with Crippen molar-refractivity contribution in [3.8, 4) is 17.2 Å². The van der Waals surface area contributed by atoms with Gasteiger partial charge in [0.25, 0.3) is 0 Å². The van der Waals surface area contributed by atoms with Gasteiger partial charge in [-0.1, -0.05) is 12.1 Å². The summed E-state index contributed by atoms with van der Waals surface area (Å²) in [4.78, 5) is 15.9. The van der Waals surface area contributed by atoms with Crippen molar-refractivity contribution in [2.75, 3.05) is 39.3 Å². The summed E-state index contributed by atoms with van der Waals surface area (Å²) in [6, 6.07) is 18.7. The number of carbonyl (C=O) groups is 1. The summed E-state index contributed by atoms with van der Waals surface area (Å²) in [6.45, 7) is 6.31. The number of aromatic carboxylic acids is 1. The highest BCUT2D eigenvalue weighted by Crippen LogP contribution is 2.31. The second kappa shape index (κ2) is 12.8. The number of carboxylic acid groups (broad SMARTS) is 1. The molecule has 0 aliphatic carbocycles. The summed E-state index contributed by atoms with van der Waals surface area (Å²) >= 11 is 0. The van der Waals surface area contributed by atoms with E-state index >= 15 is 0 Å². The lowest BCUT2D eigenvalue weighted by atomic mass is 10.1. The molecule has 0 amide bonds. The molecule has 1 aliphatic heterocycles. The number of halogens is 3. The van der Waals surface area contributed by atoms with Crippen molar-refractivity contribution in [3.63, 3.8) is 0 Å². The molecule has 1 N–H and O–H groups in total. The van der Waals surface area contributed by atoms with Gasteiger partial charge in [0.2, 0.25) is 0 Å². The molecule has 1 saturated heterocycles. The molecule has 1 fully saturated rings. The summed E-state index contributed by atoms with van der Waals surface area (Å²) in [5.41, 5.74) is 0.712. The van der Waals surface area contributed by atoms with Gasteiger partial charge in [0.15, 0.2) is 0 Å². The minimum atomic E-state index is -4.37. The highest BCUT2D eigenvalue weighted by molar-refractivity contribution is 5.87. The molecule has 0 unspecified atom stereocenters. The Morgan fingerprint density at radius 3 is 2.00 bits per heavy atom. The lowest BCUT2D eigenvalue weighted by Gasteiger charge is -2.22. The first kappa shape index (κ1) is 27.5. The van der Waals surface area contributed by atoms with E-state index in [9.17, 15) is 18.0 Å². The van der Waals surface area contributed by atoms with Crippen molar-refractivity contribution in [2.24, 2.45) is 0 Å². The van der Waals surface area contributed by atoms with Crippen LogP contribution in [0.2, 0.25) is 0 Å². The van der Waals surface area contributed by atoms with Crippen LogP contribution in [0, 0.1) is 0 Å². The molecule has 0 aromatic heterocycles. The van der Waals surface area contributed by atoms with Crippen LogP contribution < -0.4 is 9.47 Å². The van der Waals surface area contributed by atoms with Crippen LogP contribution in [0.15, 0.2) is 72.8 Å². The molecule has 1 aliphatic rings.